The van der Waals surface area contributed by atoms with E-state index in [1.165, 1.54) is 0 Å². The van der Waals surface area contributed by atoms with E-state index in [-0.39, 0.29) is 11.9 Å². The van der Waals surface area contributed by atoms with Crippen LogP contribution in [0.25, 0.3) is 0 Å². The van der Waals surface area contributed by atoms with Gasteiger partial charge in [0.2, 0.25) is 0 Å². The maximum Gasteiger partial charge on any atom is 0.290 e. The Morgan fingerprint density at radius 2 is 1.89 bits per heavy atom. The minimum Gasteiger partial charge on any atom is -0.444 e. The number of nitrogens with zero attached hydrogens (tertiary/aromatic N) is 1. The van der Waals surface area contributed by atoms with E-state index >= 15 is 0 Å². The zero-order valence-corrected chi connectivity index (χ0v) is 12.6. The summed E-state index contributed by atoms with van der Waals surface area (Å²) in [6.07, 6.45) is 0. The first kappa shape index (κ1) is 13.9. The lowest BCUT2D eigenvalue weighted by atomic mass is 10.2. The molecule has 0 bridgehead atoms. The van der Waals surface area contributed by atoms with Crippen LogP contribution in [0.15, 0.2) is 51.6 Å². The summed E-state index contributed by atoms with van der Waals surface area (Å²) in [6, 6.07) is 13.5. The van der Waals surface area contributed by atoms with Crippen LogP contribution in [0.4, 0.5) is 0 Å². The summed E-state index contributed by atoms with van der Waals surface area (Å²) in [4.78, 5) is 14.2. The number of amides is 1. The summed E-state index contributed by atoms with van der Waals surface area (Å²) in [5.41, 5.74) is 1.11. The highest BCUT2D eigenvalue weighted by molar-refractivity contribution is 9.10. The van der Waals surface area contributed by atoms with Crippen molar-refractivity contribution in [2.24, 2.45) is 0 Å². The van der Waals surface area contributed by atoms with Crippen molar-refractivity contribution in [1.82, 2.24) is 4.90 Å². The molecule has 0 radical (unpaired) electrons. The van der Waals surface area contributed by atoms with Gasteiger partial charge in [0.25, 0.3) is 5.91 Å². The van der Waals surface area contributed by atoms with Crippen molar-refractivity contribution >= 4 is 21.8 Å². The Balaban J connectivity index is 2.19. The molecule has 3 nitrogen and oxygen atoms in total. The van der Waals surface area contributed by atoms with Gasteiger partial charge in [-0.15, -0.1) is 0 Å². The van der Waals surface area contributed by atoms with E-state index in [1.807, 2.05) is 44.2 Å². The van der Waals surface area contributed by atoms with Gasteiger partial charge < -0.3 is 9.32 Å². The predicted molar refractivity (Wildman–Crippen MR) is 77.9 cm³/mol. The zero-order valence-electron chi connectivity index (χ0n) is 11.0. The number of carbonyl (C=O) groups is 1. The molecular weight excluding hydrogens is 306 g/mol. The number of halogens is 1. The molecule has 2 rings (SSSR count). The fraction of sp³-hybridized carbons (Fsp3) is 0.267. The Hall–Kier alpha value is -1.55. The van der Waals surface area contributed by atoms with Gasteiger partial charge in [0.1, 0.15) is 0 Å². The number of hydrogen-bond donors (Lipinski definition) is 0. The molecule has 1 aromatic carbocycles. The van der Waals surface area contributed by atoms with Gasteiger partial charge in [-0.25, -0.2) is 0 Å². The molecule has 0 fully saturated rings. The van der Waals surface area contributed by atoms with Gasteiger partial charge >= 0.3 is 0 Å². The molecule has 0 aliphatic carbocycles. The fourth-order valence-electron chi connectivity index (χ4n) is 1.84. The largest absolute Gasteiger partial charge is 0.444 e. The van der Waals surface area contributed by atoms with Crippen LogP contribution in [0.1, 0.15) is 30.0 Å². The molecule has 0 aliphatic heterocycles. The maximum atomic E-state index is 12.4. The Labute approximate surface area is 121 Å². The van der Waals surface area contributed by atoms with E-state index in [0.29, 0.717) is 17.0 Å². The van der Waals surface area contributed by atoms with E-state index in [0.717, 1.165) is 5.56 Å². The fourth-order valence-corrected chi connectivity index (χ4v) is 2.15. The number of rotatable bonds is 4. The quantitative estimate of drug-likeness (QED) is 0.849. The average molecular weight is 322 g/mol. The lowest BCUT2D eigenvalue weighted by Gasteiger charge is -2.26. The first-order valence-corrected chi connectivity index (χ1v) is 6.97. The molecule has 1 aromatic heterocycles. The van der Waals surface area contributed by atoms with Crippen molar-refractivity contribution in [2.75, 3.05) is 0 Å². The first-order valence-electron chi connectivity index (χ1n) is 6.18. The van der Waals surface area contributed by atoms with Crippen LogP contribution < -0.4 is 0 Å². The number of benzene rings is 1. The van der Waals surface area contributed by atoms with Gasteiger partial charge in [0, 0.05) is 12.6 Å². The number of furan rings is 1. The molecule has 100 valence electrons. The van der Waals surface area contributed by atoms with Crippen molar-refractivity contribution in [3.63, 3.8) is 0 Å². The molecule has 0 unspecified atom stereocenters. The summed E-state index contributed by atoms with van der Waals surface area (Å²) < 4.78 is 5.91. The van der Waals surface area contributed by atoms with Crippen LogP contribution in [0, 0.1) is 0 Å². The molecule has 2 aromatic rings. The maximum absolute atomic E-state index is 12.4. The van der Waals surface area contributed by atoms with E-state index in [1.54, 1.807) is 17.0 Å². The Bertz CT molecular complexity index is 548. The lowest BCUT2D eigenvalue weighted by molar-refractivity contribution is 0.0656. The third-order valence-corrected chi connectivity index (χ3v) is 3.29. The van der Waals surface area contributed by atoms with Crippen LogP contribution in [0.3, 0.4) is 0 Å². The van der Waals surface area contributed by atoms with Crippen LogP contribution >= 0.6 is 15.9 Å². The van der Waals surface area contributed by atoms with Gasteiger partial charge in [-0.3, -0.25) is 4.79 Å². The van der Waals surface area contributed by atoms with E-state index in [9.17, 15) is 4.79 Å². The summed E-state index contributed by atoms with van der Waals surface area (Å²) in [7, 11) is 0. The Morgan fingerprint density at radius 1 is 1.21 bits per heavy atom. The molecule has 1 heterocycles. The van der Waals surface area contributed by atoms with Crippen molar-refractivity contribution in [3.05, 3.63) is 58.5 Å². The number of carbonyl (C=O) groups excluding carboxylic acids is 1. The third-order valence-electron chi connectivity index (χ3n) is 2.86. The predicted octanol–water partition coefficient (Wildman–Crippen LogP) is 4.09. The zero-order chi connectivity index (χ0) is 13.8. The first-order chi connectivity index (χ1) is 9.08. The summed E-state index contributed by atoms with van der Waals surface area (Å²) in [5, 5.41) is 0. The monoisotopic (exact) mass is 321 g/mol. The van der Waals surface area contributed by atoms with Crippen LogP contribution in [-0.4, -0.2) is 16.8 Å². The van der Waals surface area contributed by atoms with E-state index < -0.39 is 0 Å². The van der Waals surface area contributed by atoms with Crippen LogP contribution in [0.5, 0.6) is 0 Å². The molecule has 19 heavy (non-hydrogen) atoms. The molecule has 4 heteroatoms. The molecule has 1 amide bonds. The third kappa shape index (κ3) is 3.47. The second-order valence-corrected chi connectivity index (χ2v) is 5.40. The highest BCUT2D eigenvalue weighted by Gasteiger charge is 2.21. The summed E-state index contributed by atoms with van der Waals surface area (Å²) >= 11 is 3.22. The van der Waals surface area contributed by atoms with Gasteiger partial charge in [0.15, 0.2) is 10.4 Å². The van der Waals surface area contributed by atoms with Crippen molar-refractivity contribution in [1.29, 1.82) is 0 Å². The summed E-state index contributed by atoms with van der Waals surface area (Å²) in [5.74, 6) is 0.265. The number of hydrogen-bond acceptors (Lipinski definition) is 2. The summed E-state index contributed by atoms with van der Waals surface area (Å²) in [6.45, 7) is 4.58. The van der Waals surface area contributed by atoms with Gasteiger partial charge in [-0.05, 0) is 47.5 Å². The van der Waals surface area contributed by atoms with Crippen LogP contribution in [-0.2, 0) is 6.54 Å². The highest BCUT2D eigenvalue weighted by Crippen LogP contribution is 2.18. The molecule has 0 saturated heterocycles. The molecule has 0 spiro atoms. The second kappa shape index (κ2) is 6.06. The van der Waals surface area contributed by atoms with Crippen molar-refractivity contribution in [3.8, 4) is 0 Å². The van der Waals surface area contributed by atoms with Crippen molar-refractivity contribution < 1.29 is 9.21 Å². The van der Waals surface area contributed by atoms with Gasteiger partial charge in [0.05, 0.1) is 0 Å². The van der Waals surface area contributed by atoms with Crippen LogP contribution in [0.2, 0.25) is 0 Å². The topological polar surface area (TPSA) is 33.5 Å². The molecule has 0 N–H and O–H groups in total. The molecule has 0 saturated carbocycles. The Kier molecular flexibility index (Phi) is 4.43. The SMILES string of the molecule is CC(C)N(Cc1ccccc1)C(=O)c1ccc(Br)o1. The normalized spacial score (nSPS) is 10.7. The average Bonchev–Trinajstić information content (AvgIpc) is 2.83. The van der Waals surface area contributed by atoms with Crippen molar-refractivity contribution in [2.45, 2.75) is 26.4 Å². The Morgan fingerprint density at radius 3 is 2.42 bits per heavy atom. The lowest BCUT2D eigenvalue weighted by Crippen LogP contribution is -2.36. The highest BCUT2D eigenvalue weighted by atomic mass is 79.9. The van der Waals surface area contributed by atoms with Gasteiger partial charge in [-0.1, -0.05) is 30.3 Å². The molecule has 0 aliphatic rings. The van der Waals surface area contributed by atoms with Gasteiger partial charge in [-0.2, -0.15) is 0 Å². The van der Waals surface area contributed by atoms with E-state index in [2.05, 4.69) is 15.9 Å². The van der Waals surface area contributed by atoms with E-state index in [4.69, 9.17) is 4.42 Å². The minimum absolute atomic E-state index is 0.0930. The molecular formula is C15H16BrNO2. The second-order valence-electron chi connectivity index (χ2n) is 4.62. The standard InChI is InChI=1S/C15H16BrNO2/c1-11(2)17(10-12-6-4-3-5-7-12)15(18)13-8-9-14(16)19-13/h3-9,11H,10H2,1-2H3. The minimum atomic E-state index is -0.0930. The molecule has 0 atom stereocenters. The smallest absolute Gasteiger partial charge is 0.290 e.